The highest BCUT2D eigenvalue weighted by atomic mass is 14.0. The van der Waals surface area contributed by atoms with Crippen LogP contribution in [0, 0.1) is 10.8 Å². The largest absolute Gasteiger partial charge is 0.0776 e. The van der Waals surface area contributed by atoms with E-state index < -0.39 is 0 Å². The SMILES string of the molecule is C.CC.CC(C)(C)C.CC(C)(C)C.CCC.CCC.CCC.CCC. The van der Waals surface area contributed by atoms with E-state index in [1.165, 1.54) is 25.7 Å². The minimum atomic E-state index is 0. The summed E-state index contributed by atoms with van der Waals surface area (Å²) in [6.07, 6.45) is 5.00. The van der Waals surface area contributed by atoms with Crippen molar-refractivity contribution in [3.8, 4) is 0 Å². The summed E-state index contributed by atoms with van der Waals surface area (Å²) in [6.45, 7) is 38.5. The van der Waals surface area contributed by atoms with Crippen molar-refractivity contribution in [2.45, 2.75) is 158 Å². The van der Waals surface area contributed by atoms with E-state index in [1.54, 1.807) is 0 Å². The molecule has 0 saturated heterocycles. The standard InChI is InChI=1S/2C5H12.4C3H8.C2H6.CH4/c2*1-5(2,3)4;4*1-3-2;1-2;/h2*1-4H3;4*3H2,1-2H3;1-2H3;1H4. The Kier molecular flexibility index (Phi) is 98.8. The molecule has 0 aliphatic heterocycles. The van der Waals surface area contributed by atoms with Crippen molar-refractivity contribution in [2.24, 2.45) is 10.8 Å². The first kappa shape index (κ1) is 49.8. The molecule has 0 nitrogen and oxygen atoms in total. The van der Waals surface area contributed by atoms with Crippen LogP contribution in [0.25, 0.3) is 0 Å². The van der Waals surface area contributed by atoms with Gasteiger partial charge in [0.1, 0.15) is 0 Å². The third-order valence-corrected chi connectivity index (χ3v) is 0. The molecule has 0 aromatic heterocycles. The number of hydrogen-bond donors (Lipinski definition) is 0. The molecule has 0 aliphatic carbocycles. The van der Waals surface area contributed by atoms with Crippen molar-refractivity contribution < 1.29 is 0 Å². The third kappa shape index (κ3) is 0. The number of hydrogen-bond acceptors (Lipinski definition) is 0. The molecule has 0 atom stereocenters. The van der Waals surface area contributed by atoms with Crippen LogP contribution in [0.4, 0.5) is 0 Å². The first-order chi connectivity index (χ1) is 10.7. The van der Waals surface area contributed by atoms with Gasteiger partial charge in [-0.25, -0.2) is 0 Å². The highest BCUT2D eigenvalue weighted by Crippen LogP contribution is 2.08. The van der Waals surface area contributed by atoms with E-state index in [0.29, 0.717) is 10.8 Å². The fourth-order valence-electron chi connectivity index (χ4n) is 0. The Morgan fingerprint density at radius 3 is 0.360 bits per heavy atom. The summed E-state index contributed by atoms with van der Waals surface area (Å²) in [5.74, 6) is 0. The topological polar surface area (TPSA) is 0 Å². The molecule has 0 N–H and O–H groups in total. The van der Waals surface area contributed by atoms with E-state index in [-0.39, 0.29) is 7.43 Å². The van der Waals surface area contributed by atoms with Gasteiger partial charge in [0.25, 0.3) is 0 Å². The second-order valence-electron chi connectivity index (χ2n) is 8.83. The summed E-state index contributed by atoms with van der Waals surface area (Å²) in [5.41, 5.74) is 1.00. The second kappa shape index (κ2) is 49.6. The molecule has 166 valence electrons. The molecule has 0 fully saturated rings. The van der Waals surface area contributed by atoms with Crippen molar-refractivity contribution in [2.75, 3.05) is 0 Å². The van der Waals surface area contributed by atoms with Crippen LogP contribution in [0.1, 0.15) is 158 Å². The molecule has 0 rings (SSSR count). The van der Waals surface area contributed by atoms with Gasteiger partial charge in [-0.1, -0.05) is 158 Å². The van der Waals surface area contributed by atoms with Gasteiger partial charge in [-0.3, -0.25) is 0 Å². The summed E-state index contributed by atoms with van der Waals surface area (Å²) < 4.78 is 0. The quantitative estimate of drug-likeness (QED) is 0.399. The maximum Gasteiger partial charge on any atom is -0.0411 e. The summed E-state index contributed by atoms with van der Waals surface area (Å²) in [7, 11) is 0. The lowest BCUT2D eigenvalue weighted by molar-refractivity contribution is 0.469. The average molecular weight is 367 g/mol. The van der Waals surface area contributed by atoms with Gasteiger partial charge in [-0.2, -0.15) is 0 Å². The Morgan fingerprint density at radius 1 is 0.360 bits per heavy atom. The van der Waals surface area contributed by atoms with Crippen LogP contribution in [-0.2, 0) is 0 Å². The Bertz CT molecular complexity index is 77.0. The van der Waals surface area contributed by atoms with E-state index in [0.717, 1.165) is 0 Å². The highest BCUT2D eigenvalue weighted by Gasteiger charge is 1.96. The van der Waals surface area contributed by atoms with Crippen molar-refractivity contribution in [3.63, 3.8) is 0 Å². The van der Waals surface area contributed by atoms with Crippen LogP contribution in [0.3, 0.4) is 0 Å². The van der Waals surface area contributed by atoms with Gasteiger partial charge in [0.05, 0.1) is 0 Å². The summed E-state index contributed by atoms with van der Waals surface area (Å²) in [5, 5.41) is 0. The third-order valence-electron chi connectivity index (χ3n) is 0. The molecule has 0 spiro atoms. The molecule has 0 unspecified atom stereocenters. The maximum atomic E-state index is 2.19. The van der Waals surface area contributed by atoms with Crippen molar-refractivity contribution in [1.29, 1.82) is 0 Å². The fourth-order valence-corrected chi connectivity index (χ4v) is 0. The zero-order valence-electron chi connectivity index (χ0n) is 21.8. The fraction of sp³-hybridized carbons (Fsp3) is 1.00. The molecule has 0 radical (unpaired) electrons. The molecule has 0 aromatic rings. The lowest BCUT2D eigenvalue weighted by Crippen LogP contribution is -1.93. The molecule has 25 heavy (non-hydrogen) atoms. The van der Waals surface area contributed by atoms with Gasteiger partial charge in [-0.15, -0.1) is 0 Å². The predicted molar refractivity (Wildman–Crippen MR) is 132 cm³/mol. The molecule has 0 heteroatoms. The van der Waals surface area contributed by atoms with E-state index in [4.69, 9.17) is 0 Å². The Morgan fingerprint density at radius 2 is 0.360 bits per heavy atom. The van der Waals surface area contributed by atoms with E-state index in [9.17, 15) is 0 Å². The van der Waals surface area contributed by atoms with Crippen molar-refractivity contribution in [1.82, 2.24) is 0 Å². The normalized spacial score (nSPS) is 7.92. The van der Waals surface area contributed by atoms with Gasteiger partial charge in [-0.05, 0) is 10.8 Å². The smallest absolute Gasteiger partial charge is 0.0411 e. The van der Waals surface area contributed by atoms with Crippen LogP contribution in [-0.4, -0.2) is 0 Å². The average Bonchev–Trinajstić information content (AvgIpc) is 2.30. The van der Waals surface area contributed by atoms with E-state index in [1.807, 2.05) is 13.8 Å². The molecular weight excluding hydrogens is 300 g/mol. The maximum absolute atomic E-state index is 2.19. The van der Waals surface area contributed by atoms with Gasteiger partial charge in [0.2, 0.25) is 0 Å². The highest BCUT2D eigenvalue weighted by molar-refractivity contribution is 4.47. The molecule has 0 aromatic carbocycles. The Hall–Kier alpha value is 0. The van der Waals surface area contributed by atoms with Crippen LogP contribution < -0.4 is 0 Å². The zero-order valence-corrected chi connectivity index (χ0v) is 21.8. The Labute approximate surface area is 169 Å². The first-order valence-corrected chi connectivity index (χ1v) is 10.7. The summed E-state index contributed by atoms with van der Waals surface area (Å²) in [4.78, 5) is 0. The minimum Gasteiger partial charge on any atom is -0.0776 e. The Balaban J connectivity index is -0.0000000229. The van der Waals surface area contributed by atoms with Crippen LogP contribution in [0.5, 0.6) is 0 Å². The van der Waals surface area contributed by atoms with Crippen LogP contribution in [0.15, 0.2) is 0 Å². The van der Waals surface area contributed by atoms with Crippen molar-refractivity contribution in [3.05, 3.63) is 0 Å². The van der Waals surface area contributed by atoms with E-state index >= 15 is 0 Å². The van der Waals surface area contributed by atoms with Gasteiger partial charge in [0, 0.05) is 0 Å². The molecule has 0 aliphatic rings. The monoisotopic (exact) mass is 367 g/mol. The van der Waals surface area contributed by atoms with Crippen molar-refractivity contribution >= 4 is 0 Å². The molecule has 0 bridgehead atoms. The molecular formula is C25H66. The van der Waals surface area contributed by atoms with Crippen LogP contribution in [0.2, 0.25) is 0 Å². The lowest BCUT2D eigenvalue weighted by atomic mass is 10.0. The predicted octanol–water partition coefficient (Wildman–Crippen LogP) is 11.4. The van der Waals surface area contributed by atoms with Gasteiger partial charge in [0.15, 0.2) is 0 Å². The lowest BCUT2D eigenvalue weighted by Gasteiger charge is -2.05. The molecule has 0 saturated carbocycles. The number of rotatable bonds is 0. The zero-order chi connectivity index (χ0) is 21.8. The second-order valence-corrected chi connectivity index (χ2v) is 8.83. The van der Waals surface area contributed by atoms with Crippen LogP contribution >= 0.6 is 0 Å². The summed E-state index contributed by atoms with van der Waals surface area (Å²) >= 11 is 0. The minimum absolute atomic E-state index is 0. The molecule has 0 amide bonds. The van der Waals surface area contributed by atoms with Gasteiger partial charge >= 0.3 is 0 Å². The van der Waals surface area contributed by atoms with Gasteiger partial charge < -0.3 is 0 Å². The molecule has 0 heterocycles. The van der Waals surface area contributed by atoms with E-state index in [2.05, 4.69) is 111 Å². The first-order valence-electron chi connectivity index (χ1n) is 10.7. The summed E-state index contributed by atoms with van der Waals surface area (Å²) in [6, 6.07) is 0.